The van der Waals surface area contributed by atoms with Gasteiger partial charge in [0.25, 0.3) is 0 Å². The van der Waals surface area contributed by atoms with E-state index in [4.69, 9.17) is 23.2 Å². The summed E-state index contributed by atoms with van der Waals surface area (Å²) in [6.45, 7) is 1.76. The zero-order valence-electron chi connectivity index (χ0n) is 11.5. The van der Waals surface area contributed by atoms with Crippen LogP contribution in [-0.2, 0) is 15.8 Å². The highest BCUT2D eigenvalue weighted by Gasteiger charge is 2.26. The normalized spacial score (nSPS) is 13.6. The van der Waals surface area contributed by atoms with Crippen LogP contribution in [0.25, 0.3) is 0 Å². The van der Waals surface area contributed by atoms with Crippen LogP contribution in [0.3, 0.4) is 0 Å². The Morgan fingerprint density at radius 3 is 2.62 bits per heavy atom. The van der Waals surface area contributed by atoms with Gasteiger partial charge in [0.05, 0.1) is 5.69 Å². The smallest absolute Gasteiger partial charge is 0.220 e. The van der Waals surface area contributed by atoms with Gasteiger partial charge in [-0.05, 0) is 24.6 Å². The fraction of sp³-hybridized carbons (Fsp3) is 0.308. The maximum atomic E-state index is 12.4. The number of aromatic nitrogens is 1. The summed E-state index contributed by atoms with van der Waals surface area (Å²) in [5, 5.41) is 4.55. The van der Waals surface area contributed by atoms with Crippen LogP contribution in [0.1, 0.15) is 24.2 Å². The second-order valence-corrected chi connectivity index (χ2v) is 7.48. The molecule has 0 aliphatic heterocycles. The quantitative estimate of drug-likeness (QED) is 0.829. The number of hydrogen-bond donors (Lipinski definition) is 0. The maximum absolute atomic E-state index is 12.4. The molecule has 1 aromatic heterocycles. The van der Waals surface area contributed by atoms with Gasteiger partial charge in [-0.3, -0.25) is 0 Å². The van der Waals surface area contributed by atoms with E-state index in [2.05, 4.69) is 9.68 Å². The molecular weight excluding hydrogens is 335 g/mol. The Hall–Kier alpha value is -1.08. The lowest BCUT2D eigenvalue weighted by Gasteiger charge is -2.25. The molecule has 0 unspecified atom stereocenters. The molecule has 0 saturated carbocycles. The van der Waals surface area contributed by atoms with E-state index < -0.39 is 16.1 Å². The predicted molar refractivity (Wildman–Crippen MR) is 81.8 cm³/mol. The van der Waals surface area contributed by atoms with Crippen molar-refractivity contribution in [1.29, 1.82) is 0 Å². The van der Waals surface area contributed by atoms with Crippen molar-refractivity contribution in [2.75, 3.05) is 7.05 Å². The van der Waals surface area contributed by atoms with Gasteiger partial charge >= 0.3 is 0 Å². The largest absolute Gasteiger partial charge is 0.364 e. The molecule has 0 bridgehead atoms. The lowest BCUT2D eigenvalue weighted by molar-refractivity contribution is 0.393. The van der Waals surface area contributed by atoms with Gasteiger partial charge in [-0.1, -0.05) is 34.4 Å². The molecule has 5 nitrogen and oxygen atoms in total. The van der Waals surface area contributed by atoms with Crippen molar-refractivity contribution >= 4 is 33.2 Å². The SMILES string of the molecule is C[C@@H](c1ccc(Cl)cc1Cl)N(C)S(=O)(=O)Cc1ccon1. The minimum absolute atomic E-state index is 0.227. The Kier molecular flexibility index (Phi) is 4.93. The van der Waals surface area contributed by atoms with Crippen LogP contribution >= 0.6 is 23.2 Å². The Balaban J connectivity index is 2.23. The average Bonchev–Trinajstić information content (AvgIpc) is 2.89. The molecule has 0 fully saturated rings. The summed E-state index contributed by atoms with van der Waals surface area (Å²) in [5.41, 5.74) is 1.04. The first kappa shape index (κ1) is 16.3. The van der Waals surface area contributed by atoms with E-state index in [9.17, 15) is 8.42 Å². The molecule has 114 valence electrons. The topological polar surface area (TPSA) is 63.4 Å². The van der Waals surface area contributed by atoms with Gasteiger partial charge in [-0.2, -0.15) is 4.31 Å². The molecule has 8 heteroatoms. The van der Waals surface area contributed by atoms with Gasteiger partial charge in [0.15, 0.2) is 0 Å². The first-order valence-corrected chi connectivity index (χ1v) is 8.47. The highest BCUT2D eigenvalue weighted by atomic mass is 35.5. The molecule has 0 saturated heterocycles. The Morgan fingerprint density at radius 1 is 1.33 bits per heavy atom. The third kappa shape index (κ3) is 3.77. The van der Waals surface area contributed by atoms with E-state index in [0.717, 1.165) is 0 Å². The number of halogens is 2. The van der Waals surface area contributed by atoms with Crippen LogP contribution in [0, 0.1) is 0 Å². The van der Waals surface area contributed by atoms with Gasteiger partial charge in [-0.15, -0.1) is 0 Å². The summed E-state index contributed by atoms with van der Waals surface area (Å²) < 4.78 is 30.6. The Labute approximate surface area is 133 Å². The lowest BCUT2D eigenvalue weighted by Crippen LogP contribution is -2.31. The third-order valence-electron chi connectivity index (χ3n) is 3.22. The van der Waals surface area contributed by atoms with Crippen LogP contribution in [-0.4, -0.2) is 24.9 Å². The molecular formula is C13H14Cl2N2O3S. The molecule has 2 aromatic rings. The average molecular weight is 349 g/mol. The van der Waals surface area contributed by atoms with Crippen LogP contribution < -0.4 is 0 Å². The summed E-state index contributed by atoms with van der Waals surface area (Å²) >= 11 is 12.0. The van der Waals surface area contributed by atoms with Crippen molar-refractivity contribution in [3.8, 4) is 0 Å². The number of rotatable bonds is 5. The second-order valence-electron chi connectivity index (χ2n) is 4.61. The van der Waals surface area contributed by atoms with E-state index in [-0.39, 0.29) is 5.75 Å². The highest BCUT2D eigenvalue weighted by Crippen LogP contribution is 2.30. The monoisotopic (exact) mass is 348 g/mol. The minimum atomic E-state index is -3.54. The molecule has 0 aliphatic rings. The number of benzene rings is 1. The minimum Gasteiger partial charge on any atom is -0.364 e. The van der Waals surface area contributed by atoms with Gasteiger partial charge < -0.3 is 4.52 Å². The molecule has 0 radical (unpaired) electrons. The zero-order valence-corrected chi connectivity index (χ0v) is 13.8. The number of nitrogens with zero attached hydrogens (tertiary/aromatic N) is 2. The number of hydrogen-bond acceptors (Lipinski definition) is 4. The van der Waals surface area contributed by atoms with Gasteiger partial charge in [-0.25, -0.2) is 8.42 Å². The molecule has 0 N–H and O–H groups in total. The summed E-state index contributed by atoms with van der Waals surface area (Å²) in [4.78, 5) is 0. The van der Waals surface area contributed by atoms with E-state index in [1.54, 1.807) is 25.1 Å². The summed E-state index contributed by atoms with van der Waals surface area (Å²) in [7, 11) is -2.03. The van der Waals surface area contributed by atoms with Crippen LogP contribution in [0.15, 0.2) is 35.1 Å². The summed E-state index contributed by atoms with van der Waals surface area (Å²) in [6, 6.07) is 6.08. The van der Waals surface area contributed by atoms with Gasteiger partial charge in [0.2, 0.25) is 10.0 Å². The lowest BCUT2D eigenvalue weighted by atomic mass is 10.1. The van der Waals surface area contributed by atoms with Crippen molar-refractivity contribution in [3.63, 3.8) is 0 Å². The van der Waals surface area contributed by atoms with Gasteiger partial charge in [0.1, 0.15) is 12.0 Å². The third-order valence-corrected chi connectivity index (χ3v) is 5.64. The molecule has 1 heterocycles. The molecule has 0 spiro atoms. The fourth-order valence-electron chi connectivity index (χ4n) is 1.88. The van der Waals surface area contributed by atoms with Crippen molar-refractivity contribution in [2.24, 2.45) is 0 Å². The first-order chi connectivity index (χ1) is 9.81. The van der Waals surface area contributed by atoms with Crippen LogP contribution in [0.4, 0.5) is 0 Å². The van der Waals surface area contributed by atoms with Crippen molar-refractivity contribution < 1.29 is 12.9 Å². The molecule has 1 atom stereocenters. The Bertz CT molecular complexity index is 717. The molecule has 2 rings (SSSR count). The fourth-order valence-corrected chi connectivity index (χ4v) is 3.77. The second kappa shape index (κ2) is 6.36. The van der Waals surface area contributed by atoms with E-state index in [1.165, 1.54) is 23.7 Å². The van der Waals surface area contributed by atoms with Crippen LogP contribution in [0.5, 0.6) is 0 Å². The maximum Gasteiger partial charge on any atom is 0.220 e. The van der Waals surface area contributed by atoms with Crippen LogP contribution in [0.2, 0.25) is 10.0 Å². The van der Waals surface area contributed by atoms with Crippen molar-refractivity contribution in [2.45, 2.75) is 18.7 Å². The summed E-state index contributed by atoms with van der Waals surface area (Å²) in [5.74, 6) is -0.227. The molecule has 21 heavy (non-hydrogen) atoms. The van der Waals surface area contributed by atoms with Crippen molar-refractivity contribution in [1.82, 2.24) is 9.46 Å². The molecule has 0 amide bonds. The van der Waals surface area contributed by atoms with E-state index in [0.29, 0.717) is 21.3 Å². The Morgan fingerprint density at radius 2 is 2.05 bits per heavy atom. The predicted octanol–water partition coefficient (Wildman–Crippen LogP) is 3.50. The highest BCUT2D eigenvalue weighted by molar-refractivity contribution is 7.88. The number of sulfonamides is 1. The summed E-state index contributed by atoms with van der Waals surface area (Å²) in [6.07, 6.45) is 1.34. The molecule has 1 aromatic carbocycles. The first-order valence-electron chi connectivity index (χ1n) is 6.11. The van der Waals surface area contributed by atoms with E-state index in [1.807, 2.05) is 0 Å². The standard InChI is InChI=1S/C13H14Cl2N2O3S/c1-9(12-4-3-10(14)7-13(12)15)17(2)21(18,19)8-11-5-6-20-16-11/h3-7,9H,8H2,1-2H3/t9-/m0/s1. The molecule has 0 aliphatic carbocycles. The zero-order chi connectivity index (χ0) is 15.6. The van der Waals surface area contributed by atoms with Gasteiger partial charge in [0, 0.05) is 29.2 Å². The van der Waals surface area contributed by atoms with Crippen molar-refractivity contribution in [3.05, 3.63) is 51.8 Å². The van der Waals surface area contributed by atoms with E-state index >= 15 is 0 Å².